The van der Waals surface area contributed by atoms with Crippen LogP contribution in [-0.2, 0) is 19.6 Å². The van der Waals surface area contributed by atoms with E-state index in [1.165, 1.54) is 11.8 Å². The van der Waals surface area contributed by atoms with Gasteiger partial charge in [0.1, 0.15) is 15.9 Å². The third-order valence-electron chi connectivity index (χ3n) is 6.00. The van der Waals surface area contributed by atoms with Gasteiger partial charge in [0, 0.05) is 21.9 Å². The van der Waals surface area contributed by atoms with Crippen molar-refractivity contribution in [3.8, 4) is 5.75 Å². The molecule has 2 aliphatic rings. The van der Waals surface area contributed by atoms with E-state index in [0.29, 0.717) is 16.3 Å². The SMILES string of the molecule is CC(C)NC(=O)COc1ccccc1C1CC1(NS(=O)(=O)C1CC=C(c2ccc(Cl)cc2)S1)C(=O)O. The number of para-hydroxylation sites is 1. The van der Waals surface area contributed by atoms with E-state index < -0.39 is 32.0 Å². The van der Waals surface area contributed by atoms with Crippen molar-refractivity contribution in [2.75, 3.05) is 6.61 Å². The molecule has 1 heterocycles. The third kappa shape index (κ3) is 5.72. The number of allylic oxidation sites excluding steroid dienone is 1. The highest BCUT2D eigenvalue weighted by atomic mass is 35.5. The zero-order valence-corrected chi connectivity index (χ0v) is 22.1. The minimum Gasteiger partial charge on any atom is -0.483 e. The Bertz CT molecular complexity index is 1300. The molecule has 1 amide bonds. The number of sulfonamides is 1. The maximum absolute atomic E-state index is 13.3. The smallest absolute Gasteiger partial charge is 0.325 e. The zero-order valence-electron chi connectivity index (χ0n) is 19.7. The molecular formula is C25H27ClN2O6S2. The summed E-state index contributed by atoms with van der Waals surface area (Å²) >= 11 is 7.12. The fourth-order valence-corrected chi connectivity index (χ4v) is 7.52. The number of rotatable bonds is 10. The Morgan fingerprint density at radius 2 is 1.89 bits per heavy atom. The number of carbonyl (C=O) groups excluding carboxylic acids is 1. The maximum Gasteiger partial charge on any atom is 0.325 e. The van der Waals surface area contributed by atoms with Gasteiger partial charge in [-0.05, 0) is 56.0 Å². The number of hydrogen-bond donors (Lipinski definition) is 3. The molecule has 0 aromatic heterocycles. The van der Waals surface area contributed by atoms with E-state index in [9.17, 15) is 23.1 Å². The van der Waals surface area contributed by atoms with Gasteiger partial charge in [-0.1, -0.05) is 48.0 Å². The van der Waals surface area contributed by atoms with Gasteiger partial charge in [0.25, 0.3) is 5.91 Å². The lowest BCUT2D eigenvalue weighted by atomic mass is 10.1. The van der Waals surface area contributed by atoms with Crippen LogP contribution in [0.25, 0.3) is 4.91 Å². The van der Waals surface area contributed by atoms with Crippen LogP contribution in [0.5, 0.6) is 5.75 Å². The highest BCUT2D eigenvalue weighted by Crippen LogP contribution is 2.55. The molecule has 1 saturated carbocycles. The Morgan fingerprint density at radius 3 is 2.56 bits per heavy atom. The van der Waals surface area contributed by atoms with E-state index in [-0.39, 0.29) is 31.4 Å². The summed E-state index contributed by atoms with van der Waals surface area (Å²) in [6.07, 6.45) is 2.17. The summed E-state index contributed by atoms with van der Waals surface area (Å²) in [5, 5.41) is 13.4. The molecule has 3 unspecified atom stereocenters. The number of hydrogen-bond acceptors (Lipinski definition) is 6. The number of amides is 1. The fraction of sp³-hybridized carbons (Fsp3) is 0.360. The van der Waals surface area contributed by atoms with E-state index in [2.05, 4.69) is 10.0 Å². The van der Waals surface area contributed by atoms with Crippen LogP contribution in [0.1, 0.15) is 43.7 Å². The Hall–Kier alpha value is -2.53. The molecule has 0 radical (unpaired) electrons. The molecule has 1 aliphatic heterocycles. The number of carboxylic acid groups (broad SMARTS) is 1. The quantitative estimate of drug-likeness (QED) is 0.409. The van der Waals surface area contributed by atoms with Crippen molar-refractivity contribution < 1.29 is 27.9 Å². The van der Waals surface area contributed by atoms with Crippen molar-refractivity contribution in [1.82, 2.24) is 10.0 Å². The summed E-state index contributed by atoms with van der Waals surface area (Å²) in [5.41, 5.74) is -0.284. The largest absolute Gasteiger partial charge is 0.483 e. The lowest BCUT2D eigenvalue weighted by molar-refractivity contribution is -0.140. The maximum atomic E-state index is 13.3. The van der Waals surface area contributed by atoms with Crippen molar-refractivity contribution in [3.05, 3.63) is 70.8 Å². The molecule has 11 heteroatoms. The van der Waals surface area contributed by atoms with Crippen LogP contribution in [-0.4, -0.2) is 48.2 Å². The average Bonchev–Trinajstić information content (AvgIpc) is 3.30. The Labute approximate surface area is 219 Å². The normalized spacial score (nSPS) is 23.3. The van der Waals surface area contributed by atoms with E-state index in [0.717, 1.165) is 10.5 Å². The molecule has 2 aromatic carbocycles. The predicted molar refractivity (Wildman–Crippen MR) is 140 cm³/mol. The number of carbonyl (C=O) groups is 2. The molecule has 2 aromatic rings. The molecule has 3 atom stereocenters. The number of aliphatic carboxylic acids is 1. The minimum atomic E-state index is -3.99. The van der Waals surface area contributed by atoms with E-state index in [1.54, 1.807) is 36.4 Å². The molecule has 3 N–H and O–H groups in total. The highest BCUT2D eigenvalue weighted by Gasteiger charge is 2.64. The highest BCUT2D eigenvalue weighted by molar-refractivity contribution is 8.18. The number of nitrogens with one attached hydrogen (secondary N) is 2. The molecule has 1 fully saturated rings. The standard InChI is InChI=1S/C25H27ClN2O6S2/c1-15(2)27-22(29)14-34-20-6-4-3-5-18(20)19-13-25(19,24(30)31)28-36(32,33)23-12-11-21(35-23)16-7-9-17(26)10-8-16/h3-11,15,19,23,28H,12-14H2,1-2H3,(H,27,29)(H,30,31). The monoisotopic (exact) mass is 550 g/mol. The van der Waals surface area contributed by atoms with Crippen LogP contribution >= 0.6 is 23.4 Å². The molecule has 192 valence electrons. The van der Waals surface area contributed by atoms with Gasteiger partial charge >= 0.3 is 5.97 Å². The van der Waals surface area contributed by atoms with Gasteiger partial charge in [-0.2, -0.15) is 4.72 Å². The molecule has 0 spiro atoms. The first-order valence-corrected chi connectivity index (χ1v) is 14.2. The number of carboxylic acids is 1. The molecule has 36 heavy (non-hydrogen) atoms. The lowest BCUT2D eigenvalue weighted by Gasteiger charge is -2.20. The summed E-state index contributed by atoms with van der Waals surface area (Å²) in [6, 6.07) is 13.8. The summed E-state index contributed by atoms with van der Waals surface area (Å²) < 4.78 is 33.9. The lowest BCUT2D eigenvalue weighted by Crippen LogP contribution is -2.47. The summed E-state index contributed by atoms with van der Waals surface area (Å²) in [6.45, 7) is 3.44. The second kappa shape index (κ2) is 10.5. The molecule has 1 aliphatic carbocycles. The summed E-state index contributed by atoms with van der Waals surface area (Å²) in [4.78, 5) is 25.1. The molecule has 4 rings (SSSR count). The van der Waals surface area contributed by atoms with Crippen LogP contribution in [0.2, 0.25) is 5.02 Å². The Morgan fingerprint density at radius 1 is 1.19 bits per heavy atom. The second-order valence-corrected chi connectivity index (χ2v) is 12.9. The number of halogens is 1. The van der Waals surface area contributed by atoms with Crippen molar-refractivity contribution >= 4 is 50.2 Å². The average molecular weight is 551 g/mol. The Kier molecular flexibility index (Phi) is 7.70. The van der Waals surface area contributed by atoms with Gasteiger partial charge in [-0.3, -0.25) is 9.59 Å². The molecule has 0 saturated heterocycles. The van der Waals surface area contributed by atoms with Gasteiger partial charge in [0.05, 0.1) is 0 Å². The van der Waals surface area contributed by atoms with E-state index >= 15 is 0 Å². The first-order valence-electron chi connectivity index (χ1n) is 11.4. The Balaban J connectivity index is 1.47. The fourth-order valence-electron chi connectivity index (χ4n) is 4.19. The first-order chi connectivity index (χ1) is 17.0. The minimum absolute atomic E-state index is 0.0444. The molecule has 0 bridgehead atoms. The van der Waals surface area contributed by atoms with Crippen LogP contribution in [0.4, 0.5) is 0 Å². The van der Waals surface area contributed by atoms with E-state index in [4.69, 9.17) is 16.3 Å². The van der Waals surface area contributed by atoms with Crippen LogP contribution < -0.4 is 14.8 Å². The number of thioether (sulfide) groups is 1. The van der Waals surface area contributed by atoms with Crippen LogP contribution in [0, 0.1) is 0 Å². The molecule has 8 nitrogen and oxygen atoms in total. The molecular weight excluding hydrogens is 524 g/mol. The van der Waals surface area contributed by atoms with Crippen molar-refractivity contribution in [1.29, 1.82) is 0 Å². The van der Waals surface area contributed by atoms with Gasteiger partial charge < -0.3 is 15.2 Å². The van der Waals surface area contributed by atoms with E-state index in [1.807, 2.05) is 32.1 Å². The summed E-state index contributed by atoms with van der Waals surface area (Å²) in [7, 11) is -3.99. The number of ether oxygens (including phenoxy) is 1. The van der Waals surface area contributed by atoms with Crippen LogP contribution in [0.15, 0.2) is 54.6 Å². The third-order valence-corrected chi connectivity index (χ3v) is 9.94. The van der Waals surface area contributed by atoms with Gasteiger partial charge in [0.15, 0.2) is 6.61 Å². The van der Waals surface area contributed by atoms with Crippen LogP contribution in [0.3, 0.4) is 0 Å². The number of benzene rings is 2. The van der Waals surface area contributed by atoms with Crippen molar-refractivity contribution in [2.24, 2.45) is 0 Å². The van der Waals surface area contributed by atoms with Crippen molar-refractivity contribution in [3.63, 3.8) is 0 Å². The topological polar surface area (TPSA) is 122 Å². The zero-order chi connectivity index (χ0) is 26.1. The van der Waals surface area contributed by atoms with Gasteiger partial charge in [-0.25, -0.2) is 8.42 Å². The summed E-state index contributed by atoms with van der Waals surface area (Å²) in [5.74, 6) is -1.84. The van der Waals surface area contributed by atoms with Gasteiger partial charge in [-0.15, -0.1) is 11.8 Å². The first kappa shape index (κ1) is 26.5. The van der Waals surface area contributed by atoms with Gasteiger partial charge in [0.2, 0.25) is 10.0 Å². The predicted octanol–water partition coefficient (Wildman–Crippen LogP) is 3.98. The van der Waals surface area contributed by atoms with Crippen molar-refractivity contribution in [2.45, 2.75) is 48.8 Å². The second-order valence-electron chi connectivity index (χ2n) is 9.09.